The van der Waals surface area contributed by atoms with Gasteiger partial charge >= 0.3 is 0 Å². The quantitative estimate of drug-likeness (QED) is 0.605. The van der Waals surface area contributed by atoms with Gasteiger partial charge in [-0.2, -0.15) is 0 Å². The SMILES string of the molecule is CCN(CC)c1ccc(NC(=O)c2cc(Nc3cccc(F)c3)nc(C)n2)cc1. The predicted molar refractivity (Wildman–Crippen MR) is 114 cm³/mol. The fourth-order valence-electron chi connectivity index (χ4n) is 3.00. The first-order chi connectivity index (χ1) is 14.0. The molecular weight excluding hydrogens is 369 g/mol. The second-order valence-electron chi connectivity index (χ2n) is 6.49. The summed E-state index contributed by atoms with van der Waals surface area (Å²) in [6, 6.07) is 15.3. The minimum atomic E-state index is -0.355. The number of rotatable bonds is 7. The molecule has 0 bridgehead atoms. The number of nitrogens with zero attached hydrogens (tertiary/aromatic N) is 3. The summed E-state index contributed by atoms with van der Waals surface area (Å²) >= 11 is 0. The summed E-state index contributed by atoms with van der Waals surface area (Å²) < 4.78 is 13.4. The lowest BCUT2D eigenvalue weighted by molar-refractivity contribution is 0.102. The molecular formula is C22H24FN5O. The van der Waals surface area contributed by atoms with Crippen LogP contribution in [0.1, 0.15) is 30.2 Å². The standard InChI is InChI=1S/C22H24FN5O/c1-4-28(5-2)19-11-9-17(10-12-19)27-22(29)20-14-21(25-15(3)24-20)26-18-8-6-7-16(23)13-18/h6-14H,4-5H2,1-3H3,(H,27,29)(H,24,25,26). The van der Waals surface area contributed by atoms with E-state index in [0.29, 0.717) is 23.0 Å². The second kappa shape index (κ2) is 9.14. The van der Waals surface area contributed by atoms with Gasteiger partial charge in [0.2, 0.25) is 0 Å². The molecule has 1 heterocycles. The zero-order valence-corrected chi connectivity index (χ0v) is 16.7. The number of aromatic nitrogens is 2. The van der Waals surface area contributed by atoms with Gasteiger partial charge in [0.1, 0.15) is 23.2 Å². The number of halogens is 1. The molecule has 2 aromatic carbocycles. The van der Waals surface area contributed by atoms with E-state index in [2.05, 4.69) is 39.3 Å². The largest absolute Gasteiger partial charge is 0.372 e. The summed E-state index contributed by atoms with van der Waals surface area (Å²) in [5.74, 6) is 0.166. The third-order valence-electron chi connectivity index (χ3n) is 4.42. The number of hydrogen-bond donors (Lipinski definition) is 2. The molecule has 1 aromatic heterocycles. The molecule has 3 aromatic rings. The van der Waals surface area contributed by atoms with Crippen molar-refractivity contribution in [3.05, 3.63) is 71.9 Å². The molecule has 0 aliphatic carbocycles. The number of nitrogens with one attached hydrogen (secondary N) is 2. The van der Waals surface area contributed by atoms with Gasteiger partial charge < -0.3 is 15.5 Å². The van der Waals surface area contributed by atoms with Crippen LogP contribution in [-0.4, -0.2) is 29.0 Å². The van der Waals surface area contributed by atoms with Crippen molar-refractivity contribution in [1.82, 2.24) is 9.97 Å². The Labute approximate surface area is 169 Å². The van der Waals surface area contributed by atoms with Crippen molar-refractivity contribution in [2.75, 3.05) is 28.6 Å². The number of amides is 1. The molecule has 0 fully saturated rings. The van der Waals surface area contributed by atoms with Crippen LogP contribution in [0.3, 0.4) is 0 Å². The van der Waals surface area contributed by atoms with Crippen LogP contribution >= 0.6 is 0 Å². The lowest BCUT2D eigenvalue weighted by Crippen LogP contribution is -2.21. The van der Waals surface area contributed by atoms with E-state index >= 15 is 0 Å². The predicted octanol–water partition coefficient (Wildman–Crippen LogP) is 4.77. The molecule has 2 N–H and O–H groups in total. The van der Waals surface area contributed by atoms with E-state index in [1.165, 1.54) is 18.2 Å². The first-order valence-electron chi connectivity index (χ1n) is 9.53. The Morgan fingerprint density at radius 3 is 2.38 bits per heavy atom. The Morgan fingerprint density at radius 2 is 1.72 bits per heavy atom. The van der Waals surface area contributed by atoms with E-state index in [0.717, 1.165) is 18.8 Å². The van der Waals surface area contributed by atoms with Gasteiger partial charge in [0.05, 0.1) is 0 Å². The molecule has 0 radical (unpaired) electrons. The average molecular weight is 393 g/mol. The van der Waals surface area contributed by atoms with E-state index in [-0.39, 0.29) is 17.4 Å². The molecule has 150 valence electrons. The highest BCUT2D eigenvalue weighted by Gasteiger charge is 2.12. The van der Waals surface area contributed by atoms with E-state index in [4.69, 9.17) is 0 Å². The Hall–Kier alpha value is -3.48. The first-order valence-corrected chi connectivity index (χ1v) is 9.53. The van der Waals surface area contributed by atoms with Gasteiger partial charge in [-0.15, -0.1) is 0 Å². The van der Waals surface area contributed by atoms with E-state index in [1.54, 1.807) is 19.1 Å². The van der Waals surface area contributed by atoms with Gasteiger partial charge in [-0.05, 0) is 63.2 Å². The molecule has 29 heavy (non-hydrogen) atoms. The van der Waals surface area contributed by atoms with Gasteiger partial charge in [-0.3, -0.25) is 4.79 Å². The van der Waals surface area contributed by atoms with E-state index < -0.39 is 0 Å². The minimum absolute atomic E-state index is 0.226. The van der Waals surface area contributed by atoms with Crippen LogP contribution < -0.4 is 15.5 Å². The number of anilines is 4. The molecule has 7 heteroatoms. The molecule has 0 unspecified atom stereocenters. The fraction of sp³-hybridized carbons (Fsp3) is 0.227. The third-order valence-corrected chi connectivity index (χ3v) is 4.42. The Kier molecular flexibility index (Phi) is 6.39. The van der Waals surface area contributed by atoms with Gasteiger partial charge in [0.25, 0.3) is 5.91 Å². The Morgan fingerprint density at radius 1 is 1.00 bits per heavy atom. The number of carbonyl (C=O) groups is 1. The molecule has 0 aliphatic heterocycles. The zero-order valence-electron chi connectivity index (χ0n) is 16.7. The summed E-state index contributed by atoms with van der Waals surface area (Å²) in [7, 11) is 0. The maximum atomic E-state index is 13.4. The van der Waals surface area contributed by atoms with Gasteiger partial charge in [-0.25, -0.2) is 14.4 Å². The molecule has 0 saturated carbocycles. The molecule has 0 spiro atoms. The van der Waals surface area contributed by atoms with Crippen LogP contribution in [-0.2, 0) is 0 Å². The summed E-state index contributed by atoms with van der Waals surface area (Å²) in [5.41, 5.74) is 2.56. The van der Waals surface area contributed by atoms with Crippen LogP contribution in [0.15, 0.2) is 54.6 Å². The lowest BCUT2D eigenvalue weighted by atomic mass is 10.2. The summed E-state index contributed by atoms with van der Waals surface area (Å²) in [4.78, 5) is 23.4. The number of aryl methyl sites for hydroxylation is 1. The topological polar surface area (TPSA) is 70.2 Å². The summed E-state index contributed by atoms with van der Waals surface area (Å²) in [6.45, 7) is 7.75. The van der Waals surface area contributed by atoms with Crippen LogP contribution in [0, 0.1) is 12.7 Å². The highest BCUT2D eigenvalue weighted by atomic mass is 19.1. The van der Waals surface area contributed by atoms with Gasteiger partial charge in [-0.1, -0.05) is 6.07 Å². The molecule has 0 aliphatic rings. The average Bonchev–Trinajstić information content (AvgIpc) is 2.70. The highest BCUT2D eigenvalue weighted by molar-refractivity contribution is 6.03. The highest BCUT2D eigenvalue weighted by Crippen LogP contribution is 2.20. The van der Waals surface area contributed by atoms with Crippen molar-refractivity contribution in [3.8, 4) is 0 Å². The Bertz CT molecular complexity index is 987. The van der Waals surface area contributed by atoms with Crippen molar-refractivity contribution in [2.24, 2.45) is 0 Å². The monoisotopic (exact) mass is 393 g/mol. The minimum Gasteiger partial charge on any atom is -0.372 e. The van der Waals surface area contributed by atoms with Crippen LogP contribution in [0.25, 0.3) is 0 Å². The summed E-state index contributed by atoms with van der Waals surface area (Å²) in [6.07, 6.45) is 0. The molecule has 0 atom stereocenters. The summed E-state index contributed by atoms with van der Waals surface area (Å²) in [5, 5.41) is 5.85. The van der Waals surface area contributed by atoms with Crippen LogP contribution in [0.5, 0.6) is 0 Å². The number of carbonyl (C=O) groups excluding carboxylic acids is 1. The maximum absolute atomic E-state index is 13.4. The van der Waals surface area contributed by atoms with Crippen molar-refractivity contribution in [1.29, 1.82) is 0 Å². The molecule has 1 amide bonds. The Balaban J connectivity index is 1.74. The smallest absolute Gasteiger partial charge is 0.274 e. The maximum Gasteiger partial charge on any atom is 0.274 e. The third kappa shape index (κ3) is 5.28. The molecule has 3 rings (SSSR count). The van der Waals surface area contributed by atoms with Crippen LogP contribution in [0.4, 0.5) is 27.3 Å². The molecule has 6 nitrogen and oxygen atoms in total. The zero-order chi connectivity index (χ0) is 20.8. The van der Waals surface area contributed by atoms with Crippen molar-refractivity contribution < 1.29 is 9.18 Å². The van der Waals surface area contributed by atoms with E-state index in [9.17, 15) is 9.18 Å². The fourth-order valence-corrected chi connectivity index (χ4v) is 3.00. The molecule has 0 saturated heterocycles. The lowest BCUT2D eigenvalue weighted by Gasteiger charge is -2.21. The van der Waals surface area contributed by atoms with Crippen molar-refractivity contribution in [2.45, 2.75) is 20.8 Å². The number of hydrogen-bond acceptors (Lipinski definition) is 5. The normalized spacial score (nSPS) is 10.5. The second-order valence-corrected chi connectivity index (χ2v) is 6.49. The first kappa shape index (κ1) is 20.3. The van der Waals surface area contributed by atoms with Crippen molar-refractivity contribution in [3.63, 3.8) is 0 Å². The number of benzene rings is 2. The van der Waals surface area contributed by atoms with Crippen LogP contribution in [0.2, 0.25) is 0 Å². The van der Waals surface area contributed by atoms with E-state index in [1.807, 2.05) is 24.3 Å². The van der Waals surface area contributed by atoms with Crippen molar-refractivity contribution >= 4 is 28.8 Å². The van der Waals surface area contributed by atoms with Gasteiger partial charge in [0.15, 0.2) is 0 Å². The van der Waals surface area contributed by atoms with Gasteiger partial charge in [0, 0.05) is 36.2 Å².